The van der Waals surface area contributed by atoms with E-state index < -0.39 is 0 Å². The quantitative estimate of drug-likeness (QED) is 0.712. The molecule has 0 amide bonds. The molecule has 1 heterocycles. The van der Waals surface area contributed by atoms with Crippen LogP contribution in [-0.2, 0) is 0 Å². The average Bonchev–Trinajstić information content (AvgIpc) is 2.31. The van der Waals surface area contributed by atoms with E-state index >= 15 is 0 Å². The minimum Gasteiger partial charge on any atom is -0.349 e. The first-order valence-corrected chi connectivity index (χ1v) is 4.37. The van der Waals surface area contributed by atoms with E-state index in [1.54, 1.807) is 0 Å². The van der Waals surface area contributed by atoms with Gasteiger partial charge in [-0.2, -0.15) is 0 Å². The first kappa shape index (κ1) is 7.19. The van der Waals surface area contributed by atoms with Gasteiger partial charge in [0.15, 0.2) is 0 Å². The van der Waals surface area contributed by atoms with E-state index in [1.807, 2.05) is 24.3 Å². The molecular weight excluding hydrogens is 225 g/mol. The van der Waals surface area contributed by atoms with Crippen LogP contribution in [0.15, 0.2) is 28.9 Å². The summed E-state index contributed by atoms with van der Waals surface area (Å²) in [6, 6.07) is 7.77. The lowest BCUT2D eigenvalue weighted by molar-refractivity contribution is 1.41. The Balaban J connectivity index is 2.90. The number of aromatic nitrogens is 1. The Kier molecular flexibility index (Phi) is 1.66. The molecule has 0 bridgehead atoms. The van der Waals surface area contributed by atoms with Gasteiger partial charge in [0.1, 0.15) is 0 Å². The largest absolute Gasteiger partial charge is 0.349 e. The number of hydrogen-bond acceptors (Lipinski definition) is 0. The maximum Gasteiger partial charge on any atom is 0.0831 e. The minimum absolute atomic E-state index is 0.782. The van der Waals surface area contributed by atoms with Gasteiger partial charge < -0.3 is 4.98 Å². The van der Waals surface area contributed by atoms with Crippen molar-refractivity contribution in [1.82, 2.24) is 4.98 Å². The zero-order valence-electron chi connectivity index (χ0n) is 5.57. The highest BCUT2D eigenvalue weighted by Crippen LogP contribution is 2.25. The number of rotatable bonds is 0. The zero-order chi connectivity index (χ0) is 7.84. The fourth-order valence-corrected chi connectivity index (χ4v) is 1.76. The molecule has 1 nitrogen and oxygen atoms in total. The number of hydrogen-bond donors (Lipinski definition) is 1. The molecule has 1 aromatic heterocycles. The van der Waals surface area contributed by atoms with E-state index in [0.29, 0.717) is 0 Å². The van der Waals surface area contributed by atoms with E-state index in [4.69, 9.17) is 11.6 Å². The second-order valence-corrected chi connectivity index (χ2v) is 3.58. The fourth-order valence-electron chi connectivity index (χ4n) is 1.08. The van der Waals surface area contributed by atoms with Gasteiger partial charge in [-0.3, -0.25) is 0 Å². The number of aromatic amines is 1. The van der Waals surface area contributed by atoms with Crippen LogP contribution >= 0.6 is 27.5 Å². The lowest BCUT2D eigenvalue weighted by atomic mass is 10.2. The molecule has 56 valence electrons. The van der Waals surface area contributed by atoms with E-state index in [1.165, 1.54) is 0 Å². The third kappa shape index (κ3) is 1.17. The predicted octanol–water partition coefficient (Wildman–Crippen LogP) is 3.58. The lowest BCUT2D eigenvalue weighted by Crippen LogP contribution is -1.66. The smallest absolute Gasteiger partial charge is 0.0831 e. The Morgan fingerprint density at radius 3 is 2.91 bits per heavy atom. The minimum atomic E-state index is 0.782. The van der Waals surface area contributed by atoms with Crippen LogP contribution in [0.1, 0.15) is 0 Å². The second kappa shape index (κ2) is 2.54. The summed E-state index contributed by atoms with van der Waals surface area (Å²) in [6.07, 6.45) is 0. The van der Waals surface area contributed by atoms with Crippen LogP contribution in [0.4, 0.5) is 0 Å². The summed E-state index contributed by atoms with van der Waals surface area (Å²) in [6.45, 7) is 0. The molecule has 1 aromatic carbocycles. The van der Waals surface area contributed by atoms with Gasteiger partial charge in [0.25, 0.3) is 0 Å². The van der Waals surface area contributed by atoms with E-state index in [9.17, 15) is 0 Å². The van der Waals surface area contributed by atoms with Crippen LogP contribution in [0.25, 0.3) is 10.9 Å². The molecule has 0 saturated heterocycles. The van der Waals surface area contributed by atoms with Gasteiger partial charge in [0.05, 0.1) is 4.60 Å². The second-order valence-electron chi connectivity index (χ2n) is 2.32. The van der Waals surface area contributed by atoms with Crippen molar-refractivity contribution in [2.45, 2.75) is 0 Å². The first-order chi connectivity index (χ1) is 5.27. The van der Waals surface area contributed by atoms with Gasteiger partial charge in [-0.1, -0.05) is 17.7 Å². The summed E-state index contributed by atoms with van der Waals surface area (Å²) in [4.78, 5) is 3.13. The van der Waals surface area contributed by atoms with E-state index in [0.717, 1.165) is 20.5 Å². The molecule has 0 spiro atoms. The molecule has 0 aliphatic rings. The summed E-state index contributed by atoms with van der Waals surface area (Å²) >= 11 is 9.27. The molecule has 11 heavy (non-hydrogen) atoms. The monoisotopic (exact) mass is 229 g/mol. The molecule has 0 unspecified atom stereocenters. The Labute approximate surface area is 77.5 Å². The van der Waals surface area contributed by atoms with Crippen molar-refractivity contribution in [2.75, 3.05) is 0 Å². The Hall–Kier alpha value is -0.470. The van der Waals surface area contributed by atoms with Gasteiger partial charge in [0.2, 0.25) is 0 Å². The molecule has 0 saturated carbocycles. The topological polar surface area (TPSA) is 15.8 Å². The van der Waals surface area contributed by atoms with Crippen molar-refractivity contribution in [2.24, 2.45) is 0 Å². The Bertz CT molecular complexity index is 394. The number of H-pyrrole nitrogens is 1. The van der Waals surface area contributed by atoms with Crippen molar-refractivity contribution in [3.05, 3.63) is 33.9 Å². The molecule has 0 aliphatic carbocycles. The predicted molar refractivity (Wildman–Crippen MR) is 51.0 cm³/mol. The lowest BCUT2D eigenvalue weighted by Gasteiger charge is -1.89. The Morgan fingerprint density at radius 1 is 1.36 bits per heavy atom. The number of nitrogens with one attached hydrogen (secondary N) is 1. The van der Waals surface area contributed by atoms with Crippen molar-refractivity contribution in [3.8, 4) is 0 Å². The van der Waals surface area contributed by atoms with Gasteiger partial charge in [-0.25, -0.2) is 0 Å². The summed E-state index contributed by atoms with van der Waals surface area (Å²) < 4.78 is 0.959. The van der Waals surface area contributed by atoms with Crippen LogP contribution < -0.4 is 0 Å². The highest BCUT2D eigenvalue weighted by molar-refractivity contribution is 9.10. The standard InChI is InChI=1S/C8H5BrClN/c9-8-4-5-6(10)2-1-3-7(5)11-8/h1-4,11H. The Morgan fingerprint density at radius 2 is 2.18 bits per heavy atom. The molecule has 3 heteroatoms. The highest BCUT2D eigenvalue weighted by Gasteiger charge is 2.00. The van der Waals surface area contributed by atoms with Crippen LogP contribution in [0.2, 0.25) is 5.02 Å². The number of halogens is 2. The molecular formula is C8H5BrClN. The van der Waals surface area contributed by atoms with E-state index in [-0.39, 0.29) is 0 Å². The molecule has 0 atom stereocenters. The molecule has 2 aromatic rings. The van der Waals surface area contributed by atoms with Gasteiger partial charge in [-0.05, 0) is 34.1 Å². The number of benzene rings is 1. The van der Waals surface area contributed by atoms with E-state index in [2.05, 4.69) is 20.9 Å². The third-order valence-electron chi connectivity index (χ3n) is 1.58. The first-order valence-electron chi connectivity index (χ1n) is 3.20. The summed E-state index contributed by atoms with van der Waals surface area (Å²) in [5, 5.41) is 1.84. The van der Waals surface area contributed by atoms with Crippen molar-refractivity contribution >= 4 is 38.4 Å². The summed E-state index contributed by atoms with van der Waals surface area (Å²) in [5.74, 6) is 0. The van der Waals surface area contributed by atoms with Crippen LogP contribution in [-0.4, -0.2) is 4.98 Å². The summed E-state index contributed by atoms with van der Waals surface area (Å²) in [7, 11) is 0. The van der Waals surface area contributed by atoms with Gasteiger partial charge in [-0.15, -0.1) is 0 Å². The van der Waals surface area contributed by atoms with Crippen LogP contribution in [0, 0.1) is 0 Å². The molecule has 0 fully saturated rings. The molecule has 2 rings (SSSR count). The normalized spacial score (nSPS) is 10.7. The third-order valence-corrected chi connectivity index (χ3v) is 2.33. The zero-order valence-corrected chi connectivity index (χ0v) is 7.91. The number of fused-ring (bicyclic) bond motifs is 1. The molecule has 0 radical (unpaired) electrons. The maximum absolute atomic E-state index is 5.93. The van der Waals surface area contributed by atoms with Crippen molar-refractivity contribution in [3.63, 3.8) is 0 Å². The van der Waals surface area contributed by atoms with Crippen molar-refractivity contribution in [1.29, 1.82) is 0 Å². The van der Waals surface area contributed by atoms with Crippen LogP contribution in [0.3, 0.4) is 0 Å². The van der Waals surface area contributed by atoms with Crippen molar-refractivity contribution < 1.29 is 0 Å². The average molecular weight is 230 g/mol. The van der Waals surface area contributed by atoms with Crippen LogP contribution in [0.5, 0.6) is 0 Å². The maximum atomic E-state index is 5.93. The summed E-state index contributed by atoms with van der Waals surface area (Å²) in [5.41, 5.74) is 1.06. The highest BCUT2D eigenvalue weighted by atomic mass is 79.9. The fraction of sp³-hybridized carbons (Fsp3) is 0. The van der Waals surface area contributed by atoms with Gasteiger partial charge >= 0.3 is 0 Å². The van der Waals surface area contributed by atoms with Gasteiger partial charge in [0, 0.05) is 15.9 Å². The molecule has 1 N–H and O–H groups in total. The SMILES string of the molecule is Clc1cccc2[nH]c(Br)cc12. The molecule has 0 aliphatic heterocycles.